The highest BCUT2D eigenvalue weighted by Crippen LogP contribution is 2.20. The monoisotopic (exact) mass is 224 g/mol. The van der Waals surface area contributed by atoms with E-state index in [0.717, 1.165) is 18.5 Å². The molecule has 0 spiro atoms. The molecule has 0 saturated heterocycles. The number of hydrogen-bond donors (Lipinski definition) is 2. The van der Waals surface area contributed by atoms with E-state index in [1.165, 1.54) is 12.1 Å². The van der Waals surface area contributed by atoms with Crippen molar-refractivity contribution in [1.29, 1.82) is 0 Å². The molecule has 1 heterocycles. The summed E-state index contributed by atoms with van der Waals surface area (Å²) < 4.78 is 1.93. The zero-order valence-electron chi connectivity index (χ0n) is 10.8. The molecule has 3 N–H and O–H groups in total. The van der Waals surface area contributed by atoms with Crippen LogP contribution in [0.5, 0.6) is 0 Å². The SMILES string of the molecule is CCc1cc(C(CCC(C)C)NN)n(C)n1. The molecule has 0 aromatic carbocycles. The van der Waals surface area contributed by atoms with Gasteiger partial charge < -0.3 is 0 Å². The lowest BCUT2D eigenvalue weighted by Gasteiger charge is -2.17. The minimum atomic E-state index is 0.209. The van der Waals surface area contributed by atoms with Crippen LogP contribution in [0.3, 0.4) is 0 Å². The summed E-state index contributed by atoms with van der Waals surface area (Å²) in [5, 5.41) is 4.45. The van der Waals surface area contributed by atoms with Gasteiger partial charge in [0.1, 0.15) is 0 Å². The summed E-state index contributed by atoms with van der Waals surface area (Å²) in [6.45, 7) is 6.58. The van der Waals surface area contributed by atoms with E-state index in [9.17, 15) is 0 Å². The first-order valence-electron chi connectivity index (χ1n) is 6.07. The highest BCUT2D eigenvalue weighted by Gasteiger charge is 2.15. The minimum Gasteiger partial charge on any atom is -0.271 e. The Labute approximate surface area is 98.2 Å². The third-order valence-electron chi connectivity index (χ3n) is 2.92. The molecule has 4 nitrogen and oxygen atoms in total. The van der Waals surface area contributed by atoms with Crippen molar-refractivity contribution in [2.24, 2.45) is 18.8 Å². The molecular formula is C12H24N4. The molecule has 1 rings (SSSR count). The molecule has 92 valence electrons. The van der Waals surface area contributed by atoms with Crippen LogP contribution < -0.4 is 11.3 Å². The second kappa shape index (κ2) is 6.01. The summed E-state index contributed by atoms with van der Waals surface area (Å²) in [5.41, 5.74) is 5.20. The molecule has 4 heteroatoms. The van der Waals surface area contributed by atoms with Crippen LogP contribution in [0, 0.1) is 5.92 Å². The third-order valence-corrected chi connectivity index (χ3v) is 2.92. The highest BCUT2D eigenvalue weighted by atomic mass is 15.3. The van der Waals surface area contributed by atoms with Gasteiger partial charge in [-0.1, -0.05) is 20.8 Å². The zero-order valence-corrected chi connectivity index (χ0v) is 10.8. The Kier molecular flexibility index (Phi) is 4.96. The molecule has 0 saturated carbocycles. The molecule has 0 amide bonds. The van der Waals surface area contributed by atoms with E-state index in [2.05, 4.69) is 37.4 Å². The second-order valence-electron chi connectivity index (χ2n) is 4.73. The molecule has 0 aliphatic carbocycles. The van der Waals surface area contributed by atoms with Crippen molar-refractivity contribution in [1.82, 2.24) is 15.2 Å². The summed E-state index contributed by atoms with van der Waals surface area (Å²) in [5.74, 6) is 6.32. The van der Waals surface area contributed by atoms with E-state index in [-0.39, 0.29) is 6.04 Å². The largest absolute Gasteiger partial charge is 0.271 e. The van der Waals surface area contributed by atoms with Gasteiger partial charge in [-0.25, -0.2) is 0 Å². The summed E-state index contributed by atoms with van der Waals surface area (Å²) in [7, 11) is 1.98. The first kappa shape index (κ1) is 13.2. The van der Waals surface area contributed by atoms with Gasteiger partial charge in [0.15, 0.2) is 0 Å². The average Bonchev–Trinajstić information content (AvgIpc) is 2.61. The summed E-state index contributed by atoms with van der Waals surface area (Å²) in [6.07, 6.45) is 3.19. The molecule has 0 aliphatic heterocycles. The normalized spacial score (nSPS) is 13.4. The Morgan fingerprint density at radius 3 is 2.56 bits per heavy atom. The van der Waals surface area contributed by atoms with Crippen molar-refractivity contribution >= 4 is 0 Å². The first-order valence-corrected chi connectivity index (χ1v) is 6.07. The molecule has 16 heavy (non-hydrogen) atoms. The molecule has 0 fully saturated rings. The fourth-order valence-corrected chi connectivity index (χ4v) is 1.86. The van der Waals surface area contributed by atoms with E-state index in [4.69, 9.17) is 5.84 Å². The first-order chi connectivity index (χ1) is 7.58. The molecule has 1 atom stereocenters. The van der Waals surface area contributed by atoms with Gasteiger partial charge in [0.25, 0.3) is 0 Å². The zero-order chi connectivity index (χ0) is 12.1. The lowest BCUT2D eigenvalue weighted by atomic mass is 10.0. The summed E-state index contributed by atoms with van der Waals surface area (Å²) in [4.78, 5) is 0. The number of nitrogens with two attached hydrogens (primary N) is 1. The summed E-state index contributed by atoms with van der Waals surface area (Å²) >= 11 is 0. The van der Waals surface area contributed by atoms with E-state index >= 15 is 0 Å². The number of aromatic nitrogens is 2. The predicted octanol–water partition coefficient (Wildman–Crippen LogP) is 1.92. The molecule has 0 bridgehead atoms. The van der Waals surface area contributed by atoms with Crippen LogP contribution in [-0.4, -0.2) is 9.78 Å². The quantitative estimate of drug-likeness (QED) is 0.573. The topological polar surface area (TPSA) is 55.9 Å². The number of hydrazine groups is 1. The van der Waals surface area contributed by atoms with Gasteiger partial charge in [-0.2, -0.15) is 5.10 Å². The van der Waals surface area contributed by atoms with Gasteiger partial charge in [0.2, 0.25) is 0 Å². The van der Waals surface area contributed by atoms with Gasteiger partial charge in [0, 0.05) is 7.05 Å². The van der Waals surface area contributed by atoms with Crippen molar-refractivity contribution in [3.8, 4) is 0 Å². The maximum atomic E-state index is 5.62. The molecular weight excluding hydrogens is 200 g/mol. The fourth-order valence-electron chi connectivity index (χ4n) is 1.86. The summed E-state index contributed by atoms with van der Waals surface area (Å²) in [6, 6.07) is 2.35. The van der Waals surface area contributed by atoms with Crippen molar-refractivity contribution < 1.29 is 0 Å². The average molecular weight is 224 g/mol. The lowest BCUT2D eigenvalue weighted by molar-refractivity contribution is 0.428. The van der Waals surface area contributed by atoms with Gasteiger partial charge >= 0.3 is 0 Å². The Morgan fingerprint density at radius 1 is 1.44 bits per heavy atom. The van der Waals surface area contributed by atoms with Crippen LogP contribution >= 0.6 is 0 Å². The number of nitrogens with zero attached hydrogens (tertiary/aromatic N) is 2. The smallest absolute Gasteiger partial charge is 0.0629 e. The minimum absolute atomic E-state index is 0.209. The van der Waals surface area contributed by atoms with Crippen LogP contribution in [0.2, 0.25) is 0 Å². The van der Waals surface area contributed by atoms with Gasteiger partial charge in [-0.3, -0.25) is 16.0 Å². The Hall–Kier alpha value is -0.870. The van der Waals surface area contributed by atoms with Crippen LogP contribution in [0.4, 0.5) is 0 Å². The third kappa shape index (κ3) is 3.32. The molecule has 1 aromatic heterocycles. The van der Waals surface area contributed by atoms with Crippen molar-refractivity contribution in [3.63, 3.8) is 0 Å². The van der Waals surface area contributed by atoms with Crippen LogP contribution in [0.15, 0.2) is 6.07 Å². The Morgan fingerprint density at radius 2 is 2.12 bits per heavy atom. The Balaban J connectivity index is 2.73. The van der Waals surface area contributed by atoms with Gasteiger partial charge in [0.05, 0.1) is 17.4 Å². The second-order valence-corrected chi connectivity index (χ2v) is 4.73. The number of rotatable bonds is 6. The van der Waals surface area contributed by atoms with E-state index in [1.54, 1.807) is 0 Å². The highest BCUT2D eigenvalue weighted by molar-refractivity contribution is 5.14. The standard InChI is InChI=1S/C12H24N4/c1-5-10-8-12(16(4)15-10)11(14-13)7-6-9(2)3/h8-9,11,14H,5-7,13H2,1-4H3. The van der Waals surface area contributed by atoms with E-state index in [0.29, 0.717) is 5.92 Å². The Bertz CT molecular complexity index is 317. The molecule has 0 radical (unpaired) electrons. The lowest BCUT2D eigenvalue weighted by Crippen LogP contribution is -2.29. The fraction of sp³-hybridized carbons (Fsp3) is 0.750. The maximum Gasteiger partial charge on any atom is 0.0629 e. The van der Waals surface area contributed by atoms with E-state index < -0.39 is 0 Å². The molecule has 0 aliphatic rings. The number of aryl methyl sites for hydroxylation is 2. The maximum absolute atomic E-state index is 5.62. The van der Waals surface area contributed by atoms with Crippen molar-refractivity contribution in [2.45, 2.75) is 46.1 Å². The van der Waals surface area contributed by atoms with Crippen LogP contribution in [0.25, 0.3) is 0 Å². The molecule has 1 unspecified atom stereocenters. The van der Waals surface area contributed by atoms with Gasteiger partial charge in [-0.05, 0) is 31.2 Å². The number of nitrogens with one attached hydrogen (secondary N) is 1. The van der Waals surface area contributed by atoms with Crippen molar-refractivity contribution in [3.05, 3.63) is 17.5 Å². The predicted molar refractivity (Wildman–Crippen MR) is 66.7 cm³/mol. The van der Waals surface area contributed by atoms with Crippen LogP contribution in [-0.2, 0) is 13.5 Å². The number of hydrogen-bond acceptors (Lipinski definition) is 3. The van der Waals surface area contributed by atoms with E-state index in [1.807, 2.05) is 11.7 Å². The van der Waals surface area contributed by atoms with Gasteiger partial charge in [-0.15, -0.1) is 0 Å². The van der Waals surface area contributed by atoms with Crippen molar-refractivity contribution in [2.75, 3.05) is 0 Å². The molecule has 1 aromatic rings. The van der Waals surface area contributed by atoms with Crippen LogP contribution in [0.1, 0.15) is 51.0 Å².